The van der Waals surface area contributed by atoms with Crippen molar-refractivity contribution in [3.05, 3.63) is 48.2 Å². The van der Waals surface area contributed by atoms with Crippen LogP contribution in [0, 0.1) is 0 Å². The summed E-state index contributed by atoms with van der Waals surface area (Å²) in [6.07, 6.45) is 7.48. The van der Waals surface area contributed by atoms with E-state index in [2.05, 4.69) is 42.3 Å². The van der Waals surface area contributed by atoms with E-state index in [-0.39, 0.29) is 18.1 Å². The molecule has 2 fully saturated rings. The molecule has 2 atom stereocenters. The molecule has 1 N–H and O–H groups in total. The van der Waals surface area contributed by atoms with Gasteiger partial charge in [0.1, 0.15) is 0 Å². The number of pyridine rings is 1. The summed E-state index contributed by atoms with van der Waals surface area (Å²) >= 11 is 0. The lowest BCUT2D eigenvalue weighted by molar-refractivity contribution is 0.0857. The fourth-order valence-electron chi connectivity index (χ4n) is 4.17. The summed E-state index contributed by atoms with van der Waals surface area (Å²) < 4.78 is 7.51. The molecule has 0 aliphatic carbocycles. The smallest absolute Gasteiger partial charge is 0.252 e. The van der Waals surface area contributed by atoms with E-state index in [1.807, 2.05) is 22.7 Å². The molecule has 5 heterocycles. The Morgan fingerprint density at radius 2 is 2.10 bits per heavy atom. The molecule has 2 saturated heterocycles. The molecule has 0 radical (unpaired) electrons. The number of carbonyl (C=O) groups is 1. The molecular formula is C21H26N8O2. The maximum Gasteiger partial charge on any atom is 0.252 e. The van der Waals surface area contributed by atoms with Gasteiger partial charge >= 0.3 is 0 Å². The molecule has 0 spiro atoms. The van der Waals surface area contributed by atoms with Gasteiger partial charge in [-0.3, -0.25) is 14.1 Å². The summed E-state index contributed by atoms with van der Waals surface area (Å²) in [6.45, 7) is 3.68. The number of rotatable bonds is 5. The number of hydrogen-bond acceptors (Lipinski definition) is 8. The third-order valence-electron chi connectivity index (χ3n) is 5.99. The molecule has 0 unspecified atom stereocenters. The zero-order chi connectivity index (χ0) is 21.2. The van der Waals surface area contributed by atoms with Gasteiger partial charge in [-0.15, -0.1) is 10.2 Å². The molecule has 0 bridgehead atoms. The van der Waals surface area contributed by atoms with Crippen molar-refractivity contribution < 1.29 is 9.53 Å². The molecule has 0 aromatic carbocycles. The number of ether oxygens (including phenoxy) is 1. The number of hydrogen-bond donors (Lipinski definition) is 1. The van der Waals surface area contributed by atoms with Crippen LogP contribution in [0.5, 0.6) is 0 Å². The number of nitrogens with one attached hydrogen (secondary N) is 1. The summed E-state index contributed by atoms with van der Waals surface area (Å²) in [5, 5.41) is 11.8. The summed E-state index contributed by atoms with van der Waals surface area (Å²) in [4.78, 5) is 25.9. The first-order chi connectivity index (χ1) is 15.2. The van der Waals surface area contributed by atoms with Crippen LogP contribution < -0.4 is 10.2 Å². The van der Waals surface area contributed by atoms with Gasteiger partial charge in [0.05, 0.1) is 17.7 Å². The van der Waals surface area contributed by atoms with Crippen molar-refractivity contribution in [1.29, 1.82) is 0 Å². The number of nitrogens with zero attached hydrogens (tertiary/aromatic N) is 7. The van der Waals surface area contributed by atoms with Crippen LogP contribution >= 0.6 is 0 Å². The lowest BCUT2D eigenvalue weighted by atomic mass is 10.1. The molecule has 31 heavy (non-hydrogen) atoms. The van der Waals surface area contributed by atoms with E-state index in [9.17, 15) is 4.79 Å². The van der Waals surface area contributed by atoms with Crippen LogP contribution in [0.1, 0.15) is 35.1 Å². The van der Waals surface area contributed by atoms with Crippen molar-refractivity contribution in [2.45, 2.75) is 25.0 Å². The van der Waals surface area contributed by atoms with Gasteiger partial charge in [-0.2, -0.15) is 0 Å². The first-order valence-corrected chi connectivity index (χ1v) is 10.7. The Balaban J connectivity index is 1.37. The van der Waals surface area contributed by atoms with Crippen molar-refractivity contribution in [1.82, 2.24) is 34.8 Å². The van der Waals surface area contributed by atoms with Crippen molar-refractivity contribution in [2.75, 3.05) is 44.7 Å². The molecular weight excluding hydrogens is 396 g/mol. The highest BCUT2D eigenvalue weighted by atomic mass is 16.5. The number of anilines is 1. The Morgan fingerprint density at radius 1 is 1.23 bits per heavy atom. The Labute approximate surface area is 180 Å². The normalized spacial score (nSPS) is 22.2. The second-order valence-electron chi connectivity index (χ2n) is 8.04. The fourth-order valence-corrected chi connectivity index (χ4v) is 4.17. The van der Waals surface area contributed by atoms with Crippen LogP contribution in [0.15, 0.2) is 36.8 Å². The van der Waals surface area contributed by atoms with E-state index >= 15 is 0 Å². The zero-order valence-corrected chi connectivity index (χ0v) is 17.5. The number of piperazine rings is 1. The van der Waals surface area contributed by atoms with Crippen LogP contribution in [0.25, 0.3) is 5.65 Å². The maximum absolute atomic E-state index is 12.7. The third kappa shape index (κ3) is 4.08. The average molecular weight is 422 g/mol. The van der Waals surface area contributed by atoms with Gasteiger partial charge in [-0.1, -0.05) is 0 Å². The number of carbonyl (C=O) groups excluding carboxylic acids is 1. The Bertz CT molecular complexity index is 1050. The van der Waals surface area contributed by atoms with E-state index in [4.69, 9.17) is 4.74 Å². The minimum atomic E-state index is -0.117. The van der Waals surface area contributed by atoms with Crippen molar-refractivity contribution in [2.24, 2.45) is 0 Å². The maximum atomic E-state index is 12.7. The van der Waals surface area contributed by atoms with E-state index in [0.717, 1.165) is 38.4 Å². The van der Waals surface area contributed by atoms with Gasteiger partial charge in [0.25, 0.3) is 5.91 Å². The number of amides is 1. The van der Waals surface area contributed by atoms with E-state index < -0.39 is 0 Å². The summed E-state index contributed by atoms with van der Waals surface area (Å²) in [5.74, 6) is 1.39. The average Bonchev–Trinajstić information content (AvgIpc) is 3.48. The first-order valence-electron chi connectivity index (χ1n) is 10.7. The highest BCUT2D eigenvalue weighted by Gasteiger charge is 2.30. The van der Waals surface area contributed by atoms with Crippen LogP contribution in [-0.2, 0) is 4.74 Å². The molecule has 10 nitrogen and oxygen atoms in total. The van der Waals surface area contributed by atoms with Crippen molar-refractivity contribution in [3.63, 3.8) is 0 Å². The molecule has 10 heteroatoms. The largest absolute Gasteiger partial charge is 0.376 e. The molecule has 0 saturated carbocycles. The van der Waals surface area contributed by atoms with Gasteiger partial charge in [0, 0.05) is 51.4 Å². The SMILES string of the molecule is CN1CCN(c2ncccn2)C[C@H]1c1nnc2ccc(C(=O)NC[C@H]3CCCO3)cn12. The van der Waals surface area contributed by atoms with Crippen molar-refractivity contribution >= 4 is 17.5 Å². The second-order valence-corrected chi connectivity index (χ2v) is 8.04. The van der Waals surface area contributed by atoms with Crippen molar-refractivity contribution in [3.8, 4) is 0 Å². The van der Waals surface area contributed by atoms with E-state index in [0.29, 0.717) is 30.2 Å². The predicted octanol–water partition coefficient (Wildman–Crippen LogP) is 0.921. The quantitative estimate of drug-likeness (QED) is 0.648. The van der Waals surface area contributed by atoms with Gasteiger partial charge in [0.2, 0.25) is 5.95 Å². The van der Waals surface area contributed by atoms with E-state index in [1.54, 1.807) is 18.5 Å². The first kappa shape index (κ1) is 19.8. The van der Waals surface area contributed by atoms with Gasteiger partial charge in [-0.05, 0) is 38.1 Å². The van der Waals surface area contributed by atoms with Gasteiger partial charge < -0.3 is 15.0 Å². The lowest BCUT2D eigenvalue weighted by Gasteiger charge is -2.38. The molecule has 2 aliphatic heterocycles. The van der Waals surface area contributed by atoms with E-state index in [1.165, 1.54) is 0 Å². The third-order valence-corrected chi connectivity index (χ3v) is 5.99. The topological polar surface area (TPSA) is 101 Å². The molecule has 5 rings (SSSR count). The molecule has 1 amide bonds. The minimum absolute atomic E-state index is 0.00208. The summed E-state index contributed by atoms with van der Waals surface area (Å²) in [7, 11) is 2.08. The van der Waals surface area contributed by atoms with Crippen LogP contribution in [0.2, 0.25) is 0 Å². The van der Waals surface area contributed by atoms with Gasteiger partial charge in [-0.25, -0.2) is 9.97 Å². The Hall–Kier alpha value is -3.11. The predicted molar refractivity (Wildman–Crippen MR) is 114 cm³/mol. The van der Waals surface area contributed by atoms with Crippen LogP contribution in [0.4, 0.5) is 5.95 Å². The highest BCUT2D eigenvalue weighted by Crippen LogP contribution is 2.25. The molecule has 2 aliphatic rings. The zero-order valence-electron chi connectivity index (χ0n) is 17.5. The number of likely N-dealkylation sites (N-methyl/N-ethyl adjacent to an activating group) is 1. The number of aromatic nitrogens is 5. The standard InChI is InChI=1S/C21H26N8O2/c1-27-9-10-28(21-22-7-3-8-23-21)14-17(27)19-26-25-18-6-5-15(13-29(18)19)20(30)24-12-16-4-2-11-31-16/h3,5-8,13,16-17H,2,4,9-12,14H2,1H3,(H,24,30)/t16-,17+/m1/s1. The summed E-state index contributed by atoms with van der Waals surface area (Å²) in [5.41, 5.74) is 1.29. The highest BCUT2D eigenvalue weighted by molar-refractivity contribution is 5.94. The lowest BCUT2D eigenvalue weighted by Crippen LogP contribution is -2.48. The van der Waals surface area contributed by atoms with Crippen LogP contribution in [-0.4, -0.2) is 81.3 Å². The minimum Gasteiger partial charge on any atom is -0.376 e. The molecule has 162 valence electrons. The fraction of sp³-hybridized carbons (Fsp3) is 0.476. The Morgan fingerprint density at radius 3 is 2.90 bits per heavy atom. The van der Waals surface area contributed by atoms with Crippen LogP contribution in [0.3, 0.4) is 0 Å². The Kier molecular flexibility index (Phi) is 5.47. The van der Waals surface area contributed by atoms with Gasteiger partial charge in [0.15, 0.2) is 11.5 Å². The second kappa shape index (κ2) is 8.56. The molecule has 3 aromatic rings. The number of fused-ring (bicyclic) bond motifs is 1. The summed E-state index contributed by atoms with van der Waals surface area (Å²) in [6, 6.07) is 5.43. The molecule has 3 aromatic heterocycles. The monoisotopic (exact) mass is 422 g/mol.